The maximum atomic E-state index is 11.4. The van der Waals surface area contributed by atoms with E-state index in [1.807, 2.05) is 0 Å². The molecule has 0 aromatic heterocycles. The van der Waals surface area contributed by atoms with E-state index in [1.54, 1.807) is 0 Å². The molecule has 118 valence electrons. The molecular formula is C9H18NO9P. The molecule has 0 spiro atoms. The topological polar surface area (TPSA) is 155 Å². The van der Waals surface area contributed by atoms with Crippen molar-refractivity contribution in [3.05, 3.63) is 0 Å². The lowest BCUT2D eigenvalue weighted by Crippen LogP contribution is -2.64. The van der Waals surface area contributed by atoms with Gasteiger partial charge in [-0.25, -0.2) is 4.57 Å². The summed E-state index contributed by atoms with van der Waals surface area (Å²) in [5, 5.41) is 30.8. The molecule has 1 amide bonds. The van der Waals surface area contributed by atoms with Crippen LogP contribution in [0.25, 0.3) is 0 Å². The summed E-state index contributed by atoms with van der Waals surface area (Å²) in [6.07, 6.45) is -5.88. The third kappa shape index (κ3) is 4.21. The lowest BCUT2D eigenvalue weighted by molar-refractivity contribution is -0.248. The molecule has 1 fully saturated rings. The van der Waals surface area contributed by atoms with Crippen LogP contribution in [0, 0.1) is 0 Å². The highest BCUT2D eigenvalue weighted by Gasteiger charge is 2.47. The average Bonchev–Trinajstić information content (AvgIpc) is 2.37. The molecule has 10 nitrogen and oxygen atoms in total. The largest absolute Gasteiger partial charge is 0.474 e. The SMILES string of the molecule is COP(=O)(O)O[C@H]1O[C@H](CO)[C@@H](O)[C@H](O)[C@@H]1NC(C)=O. The van der Waals surface area contributed by atoms with Crippen molar-refractivity contribution in [2.45, 2.75) is 37.6 Å². The van der Waals surface area contributed by atoms with Crippen LogP contribution in [0.3, 0.4) is 0 Å². The molecule has 0 saturated carbocycles. The highest BCUT2D eigenvalue weighted by atomic mass is 31.2. The predicted octanol–water partition coefficient (Wildman–Crippen LogP) is -2.31. The van der Waals surface area contributed by atoms with Crippen molar-refractivity contribution in [3.63, 3.8) is 0 Å². The van der Waals surface area contributed by atoms with Crippen molar-refractivity contribution in [3.8, 4) is 0 Å². The van der Waals surface area contributed by atoms with Crippen molar-refractivity contribution in [1.82, 2.24) is 5.32 Å². The fraction of sp³-hybridized carbons (Fsp3) is 0.889. The minimum absolute atomic E-state index is 0.578. The van der Waals surface area contributed by atoms with E-state index in [9.17, 15) is 24.5 Å². The number of rotatable bonds is 5. The molecule has 11 heteroatoms. The van der Waals surface area contributed by atoms with Crippen LogP contribution in [0.4, 0.5) is 0 Å². The van der Waals surface area contributed by atoms with Crippen LogP contribution in [0.5, 0.6) is 0 Å². The van der Waals surface area contributed by atoms with Gasteiger partial charge in [-0.3, -0.25) is 13.8 Å². The Hall–Kier alpha value is -0.580. The normalized spacial score (nSPS) is 37.2. The van der Waals surface area contributed by atoms with Gasteiger partial charge in [-0.15, -0.1) is 0 Å². The molecule has 1 heterocycles. The fourth-order valence-electron chi connectivity index (χ4n) is 1.73. The quantitative estimate of drug-likeness (QED) is 0.352. The van der Waals surface area contributed by atoms with Crippen molar-refractivity contribution < 1.29 is 43.4 Å². The van der Waals surface area contributed by atoms with E-state index in [0.29, 0.717) is 0 Å². The van der Waals surface area contributed by atoms with E-state index in [0.717, 1.165) is 14.0 Å². The molecule has 1 saturated heterocycles. The minimum atomic E-state index is -4.46. The van der Waals surface area contributed by atoms with E-state index in [-0.39, 0.29) is 0 Å². The Kier molecular flexibility index (Phi) is 6.05. The van der Waals surface area contributed by atoms with E-state index in [4.69, 9.17) is 9.84 Å². The number of aliphatic hydroxyl groups is 3. The molecule has 6 atom stereocenters. The predicted molar refractivity (Wildman–Crippen MR) is 63.3 cm³/mol. The van der Waals surface area contributed by atoms with Crippen molar-refractivity contribution in [2.75, 3.05) is 13.7 Å². The van der Waals surface area contributed by atoms with Gasteiger partial charge in [0.25, 0.3) is 0 Å². The van der Waals surface area contributed by atoms with Gasteiger partial charge in [0.15, 0.2) is 6.29 Å². The summed E-state index contributed by atoms with van der Waals surface area (Å²) in [5.41, 5.74) is 0. The highest BCUT2D eigenvalue weighted by molar-refractivity contribution is 7.47. The zero-order valence-electron chi connectivity index (χ0n) is 10.9. The smallest absolute Gasteiger partial charge is 0.394 e. The summed E-state index contributed by atoms with van der Waals surface area (Å²) in [4.78, 5) is 20.3. The zero-order chi connectivity index (χ0) is 15.5. The molecule has 20 heavy (non-hydrogen) atoms. The molecule has 0 aromatic carbocycles. The first-order chi connectivity index (χ1) is 9.21. The van der Waals surface area contributed by atoms with Crippen LogP contribution in [0.2, 0.25) is 0 Å². The monoisotopic (exact) mass is 315 g/mol. The molecule has 0 aliphatic carbocycles. The maximum Gasteiger partial charge on any atom is 0.474 e. The van der Waals surface area contributed by atoms with Gasteiger partial charge in [0.1, 0.15) is 24.4 Å². The average molecular weight is 315 g/mol. The number of carbonyl (C=O) groups is 1. The Balaban J connectivity index is 2.94. The van der Waals surface area contributed by atoms with Gasteiger partial charge in [-0.2, -0.15) is 0 Å². The van der Waals surface area contributed by atoms with Crippen LogP contribution in [0.15, 0.2) is 0 Å². The number of ether oxygens (including phenoxy) is 1. The van der Waals surface area contributed by atoms with Gasteiger partial charge < -0.3 is 30.3 Å². The molecule has 0 radical (unpaired) electrons. The number of hydrogen-bond donors (Lipinski definition) is 5. The summed E-state index contributed by atoms with van der Waals surface area (Å²) in [6, 6.07) is -1.30. The number of phosphoric acid groups is 1. The highest BCUT2D eigenvalue weighted by Crippen LogP contribution is 2.45. The van der Waals surface area contributed by atoms with Gasteiger partial charge in [0, 0.05) is 14.0 Å². The van der Waals surface area contributed by atoms with Gasteiger partial charge >= 0.3 is 7.82 Å². The summed E-state index contributed by atoms with van der Waals surface area (Å²) in [7, 11) is -3.53. The Morgan fingerprint density at radius 3 is 2.45 bits per heavy atom. The molecular weight excluding hydrogens is 297 g/mol. The number of nitrogens with one attached hydrogen (secondary N) is 1. The second kappa shape index (κ2) is 6.92. The molecule has 1 unspecified atom stereocenters. The molecule has 0 aromatic rings. The molecule has 1 aliphatic rings. The summed E-state index contributed by atoms with van der Waals surface area (Å²) >= 11 is 0. The van der Waals surface area contributed by atoms with Crippen molar-refractivity contribution in [2.24, 2.45) is 0 Å². The number of hydrogen-bond acceptors (Lipinski definition) is 8. The van der Waals surface area contributed by atoms with Gasteiger partial charge in [-0.1, -0.05) is 0 Å². The lowest BCUT2D eigenvalue weighted by Gasteiger charge is -2.42. The fourth-order valence-corrected chi connectivity index (χ4v) is 2.26. The molecule has 0 bridgehead atoms. The maximum absolute atomic E-state index is 11.4. The van der Waals surface area contributed by atoms with Crippen LogP contribution >= 0.6 is 7.82 Å². The number of carbonyl (C=O) groups excluding carboxylic acids is 1. The second-order valence-electron chi connectivity index (χ2n) is 4.19. The first-order valence-electron chi connectivity index (χ1n) is 5.68. The molecule has 1 rings (SSSR count). The Labute approximate surface area is 114 Å². The van der Waals surface area contributed by atoms with Crippen LogP contribution in [-0.2, 0) is 23.1 Å². The zero-order valence-corrected chi connectivity index (χ0v) is 11.8. The third-order valence-corrected chi connectivity index (χ3v) is 3.65. The van der Waals surface area contributed by atoms with E-state index < -0.39 is 51.0 Å². The Morgan fingerprint density at radius 2 is 2.00 bits per heavy atom. The van der Waals surface area contributed by atoms with E-state index in [1.165, 1.54) is 0 Å². The van der Waals surface area contributed by atoms with Gasteiger partial charge in [-0.05, 0) is 0 Å². The summed E-state index contributed by atoms with van der Waals surface area (Å²) in [5.74, 6) is -0.578. The standard InChI is InChI=1S/C9H18NO9P/c1-4(12)10-6-8(14)7(13)5(3-11)18-9(6)19-20(15,16)17-2/h5-9,11,13-14H,3H2,1-2H3,(H,10,12)(H,15,16)/t5-,6+,7-,8-,9-/m1/s1. The van der Waals surface area contributed by atoms with Crippen molar-refractivity contribution >= 4 is 13.7 Å². The number of phosphoric ester groups is 1. The minimum Gasteiger partial charge on any atom is -0.394 e. The van der Waals surface area contributed by atoms with Crippen LogP contribution in [0.1, 0.15) is 6.92 Å². The molecule has 1 aliphatic heterocycles. The van der Waals surface area contributed by atoms with E-state index in [2.05, 4.69) is 14.4 Å². The third-order valence-electron chi connectivity index (χ3n) is 2.72. The van der Waals surface area contributed by atoms with E-state index >= 15 is 0 Å². The number of aliphatic hydroxyl groups excluding tert-OH is 3. The summed E-state index contributed by atoms with van der Waals surface area (Å²) in [6.45, 7) is 0.483. The lowest BCUT2D eigenvalue weighted by atomic mass is 9.97. The first kappa shape index (κ1) is 17.5. The first-order valence-corrected chi connectivity index (χ1v) is 7.18. The second-order valence-corrected chi connectivity index (χ2v) is 5.70. The summed E-state index contributed by atoms with van der Waals surface area (Å²) < 4.78 is 25.3. The Morgan fingerprint density at radius 1 is 1.40 bits per heavy atom. The van der Waals surface area contributed by atoms with Crippen molar-refractivity contribution in [1.29, 1.82) is 0 Å². The van der Waals surface area contributed by atoms with Crippen LogP contribution in [-0.4, -0.2) is 70.5 Å². The van der Waals surface area contributed by atoms with Gasteiger partial charge in [0.05, 0.1) is 6.61 Å². The van der Waals surface area contributed by atoms with Crippen LogP contribution < -0.4 is 5.32 Å². The molecule has 5 N–H and O–H groups in total. The van der Waals surface area contributed by atoms with Gasteiger partial charge in [0.2, 0.25) is 5.91 Å². The number of amides is 1. The Bertz CT molecular complexity index is 392.